The molecular formula is C32H30F5NO5. The molecule has 0 saturated carbocycles. The minimum absolute atomic E-state index is 0.0176. The summed E-state index contributed by atoms with van der Waals surface area (Å²) in [5.74, 6) is -10.9. The number of aromatic nitrogens is 1. The first-order valence-corrected chi connectivity index (χ1v) is 13.9. The van der Waals surface area contributed by atoms with Crippen molar-refractivity contribution in [3.63, 3.8) is 0 Å². The van der Waals surface area contributed by atoms with Gasteiger partial charge in [0.1, 0.15) is 5.75 Å². The topological polar surface area (TPSA) is 88.8 Å². The standard InChI is InChI=1S/C32H30F5NO5/c33-27-24(28(34)30(36)31(37)29(27)35)7-1-2-17-43-21-14-12-19(13-15-21)22-8-4-9-23-20(6-3-10-25(39)40)18-38(32(22)23)16-5-11-26(41)42/h4,8-9,12-15,18H,1-3,5-7,10-11,16-17H2,(H,39,40)(H,41,42). The summed E-state index contributed by atoms with van der Waals surface area (Å²) in [4.78, 5) is 22.1. The molecule has 0 aliphatic heterocycles. The first-order valence-electron chi connectivity index (χ1n) is 13.9. The molecule has 4 rings (SSSR count). The zero-order chi connectivity index (χ0) is 31.1. The summed E-state index contributed by atoms with van der Waals surface area (Å²) >= 11 is 0. The van der Waals surface area contributed by atoms with Crippen LogP contribution in [-0.4, -0.2) is 33.3 Å². The first kappa shape index (κ1) is 31.5. The maximum absolute atomic E-state index is 13.9. The summed E-state index contributed by atoms with van der Waals surface area (Å²) in [6, 6.07) is 13.1. The third-order valence-corrected chi connectivity index (χ3v) is 7.16. The molecular weight excluding hydrogens is 573 g/mol. The second kappa shape index (κ2) is 14.2. The van der Waals surface area contributed by atoms with Gasteiger partial charge in [0.05, 0.1) is 12.1 Å². The smallest absolute Gasteiger partial charge is 0.303 e. The zero-order valence-electron chi connectivity index (χ0n) is 23.1. The van der Waals surface area contributed by atoms with Crippen molar-refractivity contribution in [1.82, 2.24) is 4.57 Å². The van der Waals surface area contributed by atoms with Gasteiger partial charge in [0.25, 0.3) is 0 Å². The number of ether oxygens (including phenoxy) is 1. The Labute approximate surface area is 244 Å². The summed E-state index contributed by atoms with van der Waals surface area (Å²) in [7, 11) is 0. The summed E-state index contributed by atoms with van der Waals surface area (Å²) in [6.45, 7) is 0.640. The van der Waals surface area contributed by atoms with E-state index in [9.17, 15) is 31.5 Å². The van der Waals surface area contributed by atoms with E-state index in [2.05, 4.69) is 0 Å². The largest absolute Gasteiger partial charge is 0.494 e. The van der Waals surface area contributed by atoms with Crippen LogP contribution in [-0.2, 0) is 29.0 Å². The number of para-hydroxylation sites is 1. The molecule has 11 heteroatoms. The van der Waals surface area contributed by atoms with Gasteiger partial charge in [-0.15, -0.1) is 0 Å². The molecule has 0 spiro atoms. The van der Waals surface area contributed by atoms with Crippen LogP contribution >= 0.6 is 0 Å². The van der Waals surface area contributed by atoms with Crippen LogP contribution in [0.4, 0.5) is 22.0 Å². The summed E-state index contributed by atoms with van der Waals surface area (Å²) in [5, 5.41) is 19.1. The Balaban J connectivity index is 1.44. The normalized spacial score (nSPS) is 11.3. The SMILES string of the molecule is O=C(O)CCCc1cn(CCCC(=O)O)c2c(-c3ccc(OCCCCc4c(F)c(F)c(F)c(F)c4F)cc3)cccc12. The van der Waals surface area contributed by atoms with Crippen molar-refractivity contribution in [3.8, 4) is 16.9 Å². The van der Waals surface area contributed by atoms with Crippen LogP contribution in [0.15, 0.2) is 48.7 Å². The molecule has 228 valence electrons. The molecule has 0 bridgehead atoms. The maximum Gasteiger partial charge on any atom is 0.303 e. The van der Waals surface area contributed by atoms with Crippen LogP contribution in [0, 0.1) is 29.1 Å². The fourth-order valence-electron chi connectivity index (χ4n) is 5.07. The van der Waals surface area contributed by atoms with Gasteiger partial charge in [-0.3, -0.25) is 9.59 Å². The summed E-state index contributed by atoms with van der Waals surface area (Å²) in [6.07, 6.45) is 3.62. The third kappa shape index (κ3) is 7.52. The van der Waals surface area contributed by atoms with Gasteiger partial charge < -0.3 is 19.5 Å². The fraction of sp³-hybridized carbons (Fsp3) is 0.312. The molecule has 0 radical (unpaired) electrons. The Kier molecular flexibility index (Phi) is 10.4. The molecule has 3 aromatic carbocycles. The number of aryl methyl sites for hydroxylation is 2. The van der Waals surface area contributed by atoms with E-state index in [1.165, 1.54) is 0 Å². The third-order valence-electron chi connectivity index (χ3n) is 7.16. The molecule has 2 N–H and O–H groups in total. The van der Waals surface area contributed by atoms with Gasteiger partial charge in [0, 0.05) is 42.1 Å². The minimum Gasteiger partial charge on any atom is -0.494 e. The Morgan fingerprint density at radius 2 is 1.35 bits per heavy atom. The molecule has 0 saturated heterocycles. The lowest BCUT2D eigenvalue weighted by Crippen LogP contribution is -2.08. The van der Waals surface area contributed by atoms with Gasteiger partial charge in [0.15, 0.2) is 23.3 Å². The second-order valence-electron chi connectivity index (χ2n) is 10.2. The van der Waals surface area contributed by atoms with Crippen molar-refractivity contribution >= 4 is 22.8 Å². The molecule has 0 aliphatic rings. The van der Waals surface area contributed by atoms with E-state index < -0.39 is 46.6 Å². The number of carboxylic acid groups (broad SMARTS) is 2. The van der Waals surface area contributed by atoms with E-state index in [1.807, 2.05) is 41.1 Å². The van der Waals surface area contributed by atoms with Crippen LogP contribution < -0.4 is 4.74 Å². The number of carbonyl (C=O) groups is 2. The van der Waals surface area contributed by atoms with E-state index in [0.29, 0.717) is 38.0 Å². The van der Waals surface area contributed by atoms with Gasteiger partial charge in [-0.1, -0.05) is 30.3 Å². The number of halogens is 5. The van der Waals surface area contributed by atoms with Gasteiger partial charge in [-0.25, -0.2) is 22.0 Å². The lowest BCUT2D eigenvalue weighted by atomic mass is 10.00. The quantitative estimate of drug-likeness (QED) is 0.0630. The first-order chi connectivity index (χ1) is 20.6. The lowest BCUT2D eigenvalue weighted by Gasteiger charge is -2.11. The molecule has 43 heavy (non-hydrogen) atoms. The average Bonchev–Trinajstić information content (AvgIpc) is 3.34. The van der Waals surface area contributed by atoms with Gasteiger partial charge >= 0.3 is 11.9 Å². The highest BCUT2D eigenvalue weighted by atomic mass is 19.2. The van der Waals surface area contributed by atoms with E-state index in [1.54, 1.807) is 12.1 Å². The fourth-order valence-corrected chi connectivity index (χ4v) is 5.07. The molecule has 6 nitrogen and oxygen atoms in total. The number of rotatable bonds is 15. The predicted octanol–water partition coefficient (Wildman–Crippen LogP) is 7.68. The highest BCUT2D eigenvalue weighted by molar-refractivity contribution is 5.97. The number of hydrogen-bond donors (Lipinski definition) is 2. The van der Waals surface area contributed by atoms with Crippen LogP contribution in [0.1, 0.15) is 49.7 Å². The van der Waals surface area contributed by atoms with Crippen molar-refractivity contribution in [2.24, 2.45) is 0 Å². The van der Waals surface area contributed by atoms with Crippen LogP contribution in [0.2, 0.25) is 0 Å². The van der Waals surface area contributed by atoms with Crippen LogP contribution in [0.5, 0.6) is 5.75 Å². The van der Waals surface area contributed by atoms with Crippen molar-refractivity contribution in [2.45, 2.75) is 57.9 Å². The Bertz CT molecular complexity index is 1590. The number of nitrogens with zero attached hydrogens (tertiary/aromatic N) is 1. The molecule has 1 aromatic heterocycles. The molecule has 4 aromatic rings. The molecule has 0 aliphatic carbocycles. The van der Waals surface area contributed by atoms with E-state index in [0.717, 1.165) is 27.6 Å². The van der Waals surface area contributed by atoms with Gasteiger partial charge in [0.2, 0.25) is 5.82 Å². The van der Waals surface area contributed by atoms with Crippen molar-refractivity contribution in [3.05, 3.63) is 88.9 Å². The molecule has 0 amide bonds. The Morgan fingerprint density at radius 1 is 0.721 bits per heavy atom. The highest BCUT2D eigenvalue weighted by Crippen LogP contribution is 2.34. The lowest BCUT2D eigenvalue weighted by molar-refractivity contribution is -0.138. The number of benzene rings is 3. The Hall–Kier alpha value is -4.41. The molecule has 0 atom stereocenters. The number of carboxylic acids is 2. The minimum atomic E-state index is -2.18. The van der Waals surface area contributed by atoms with Crippen LogP contribution in [0.3, 0.4) is 0 Å². The predicted molar refractivity (Wildman–Crippen MR) is 149 cm³/mol. The monoisotopic (exact) mass is 603 g/mol. The van der Waals surface area contributed by atoms with Gasteiger partial charge in [-0.05, 0) is 61.8 Å². The van der Waals surface area contributed by atoms with E-state index >= 15 is 0 Å². The molecule has 0 unspecified atom stereocenters. The van der Waals surface area contributed by atoms with Crippen molar-refractivity contribution in [1.29, 1.82) is 0 Å². The van der Waals surface area contributed by atoms with E-state index in [4.69, 9.17) is 14.9 Å². The van der Waals surface area contributed by atoms with Crippen LogP contribution in [0.25, 0.3) is 22.0 Å². The number of aliphatic carboxylic acids is 2. The zero-order valence-corrected chi connectivity index (χ0v) is 23.1. The second-order valence-corrected chi connectivity index (χ2v) is 10.2. The number of fused-ring (bicyclic) bond motifs is 1. The average molecular weight is 604 g/mol. The number of hydrogen-bond acceptors (Lipinski definition) is 3. The number of unbranched alkanes of at least 4 members (excludes halogenated alkanes) is 1. The highest BCUT2D eigenvalue weighted by Gasteiger charge is 2.25. The molecule has 1 heterocycles. The Morgan fingerprint density at radius 3 is 2.00 bits per heavy atom. The maximum atomic E-state index is 13.9. The van der Waals surface area contributed by atoms with Crippen molar-refractivity contribution in [2.75, 3.05) is 6.61 Å². The van der Waals surface area contributed by atoms with E-state index in [-0.39, 0.29) is 32.3 Å². The molecule has 0 fully saturated rings. The summed E-state index contributed by atoms with van der Waals surface area (Å²) in [5.41, 5.74) is 2.84. The van der Waals surface area contributed by atoms with Gasteiger partial charge in [-0.2, -0.15) is 0 Å². The summed E-state index contributed by atoms with van der Waals surface area (Å²) < 4.78 is 75.5. The van der Waals surface area contributed by atoms with Crippen molar-refractivity contribution < 1.29 is 46.5 Å².